The van der Waals surface area contributed by atoms with Gasteiger partial charge in [-0.05, 0) is 17.7 Å². The Kier molecular flexibility index (Phi) is 3.61. The number of rotatable bonds is 2. The molecule has 0 radical (unpaired) electrons. The molecular weight excluding hydrogens is 264 g/mol. The van der Waals surface area contributed by atoms with Crippen LogP contribution in [0.5, 0.6) is 5.75 Å². The highest BCUT2D eigenvalue weighted by Gasteiger charge is 2.23. The van der Waals surface area contributed by atoms with Crippen molar-refractivity contribution in [2.24, 2.45) is 0 Å². The summed E-state index contributed by atoms with van der Waals surface area (Å²) in [6.45, 7) is 3.55. The Morgan fingerprint density at radius 2 is 2.32 bits per heavy atom. The van der Waals surface area contributed by atoms with Gasteiger partial charge >= 0.3 is 0 Å². The molecule has 1 atom stereocenters. The molecule has 1 saturated heterocycles. The number of halogens is 1. The number of morpholine rings is 1. The van der Waals surface area contributed by atoms with Crippen molar-refractivity contribution in [3.63, 3.8) is 0 Å². The summed E-state index contributed by atoms with van der Waals surface area (Å²) in [7, 11) is 0. The highest BCUT2D eigenvalue weighted by atomic mass is 35.5. The average Bonchev–Trinajstić information content (AvgIpc) is 2.87. The third kappa shape index (κ3) is 2.69. The number of fused-ring (bicyclic) bond motifs is 1. The van der Waals surface area contributed by atoms with Crippen molar-refractivity contribution < 1.29 is 9.47 Å². The normalized spacial score (nSPS) is 22.6. The van der Waals surface area contributed by atoms with E-state index in [-0.39, 0.29) is 6.10 Å². The van der Waals surface area contributed by atoms with Crippen molar-refractivity contribution in [1.29, 1.82) is 5.26 Å². The molecule has 2 heterocycles. The van der Waals surface area contributed by atoms with Gasteiger partial charge in [-0.1, -0.05) is 11.6 Å². The van der Waals surface area contributed by atoms with Crippen LogP contribution >= 0.6 is 11.6 Å². The van der Waals surface area contributed by atoms with Gasteiger partial charge in [-0.25, -0.2) is 0 Å². The molecule has 1 unspecified atom stereocenters. The summed E-state index contributed by atoms with van der Waals surface area (Å²) >= 11 is 6.15. The number of ether oxygens (including phenoxy) is 2. The van der Waals surface area contributed by atoms with Crippen LogP contribution in [0.25, 0.3) is 0 Å². The first-order valence-corrected chi connectivity index (χ1v) is 6.82. The lowest BCUT2D eigenvalue weighted by atomic mass is 10.1. The summed E-state index contributed by atoms with van der Waals surface area (Å²) in [6.07, 6.45) is 0.592. The van der Waals surface area contributed by atoms with Crippen LogP contribution in [0.1, 0.15) is 11.1 Å². The zero-order valence-electron chi connectivity index (χ0n) is 10.6. The molecule has 1 aromatic rings. The lowest BCUT2D eigenvalue weighted by molar-refractivity contribution is -0.00291. The van der Waals surface area contributed by atoms with E-state index in [0.717, 1.165) is 42.5 Å². The van der Waals surface area contributed by atoms with Gasteiger partial charge < -0.3 is 9.47 Å². The summed E-state index contributed by atoms with van der Waals surface area (Å²) in [6, 6.07) is 6.10. The first kappa shape index (κ1) is 12.7. The molecule has 100 valence electrons. The molecular formula is C14H15ClN2O2. The molecule has 0 aromatic heterocycles. The van der Waals surface area contributed by atoms with Crippen LogP contribution in [-0.4, -0.2) is 37.3 Å². The summed E-state index contributed by atoms with van der Waals surface area (Å²) in [5, 5.41) is 9.68. The molecule has 1 fully saturated rings. The second-order valence-electron chi connectivity index (χ2n) is 4.88. The highest BCUT2D eigenvalue weighted by Crippen LogP contribution is 2.33. The molecule has 0 bridgehead atoms. The van der Waals surface area contributed by atoms with Gasteiger partial charge in [0.05, 0.1) is 19.3 Å². The van der Waals surface area contributed by atoms with Crippen LogP contribution in [0.15, 0.2) is 12.1 Å². The molecule has 0 amide bonds. The Balaban J connectivity index is 1.78. The Labute approximate surface area is 117 Å². The van der Waals surface area contributed by atoms with E-state index < -0.39 is 0 Å². The monoisotopic (exact) mass is 278 g/mol. The lowest BCUT2D eigenvalue weighted by Gasteiger charge is -2.30. The Morgan fingerprint density at radius 3 is 3.16 bits per heavy atom. The predicted molar refractivity (Wildman–Crippen MR) is 71.3 cm³/mol. The summed E-state index contributed by atoms with van der Waals surface area (Å²) in [5.74, 6) is 0.976. The Bertz CT molecular complexity index is 527. The minimum Gasteiger partial charge on any atom is -0.493 e. The maximum Gasteiger partial charge on any atom is 0.156 e. The maximum absolute atomic E-state index is 8.93. The molecule has 0 aliphatic carbocycles. The van der Waals surface area contributed by atoms with E-state index in [0.29, 0.717) is 13.2 Å². The van der Waals surface area contributed by atoms with Crippen molar-refractivity contribution in [2.45, 2.75) is 19.1 Å². The molecule has 0 N–H and O–H groups in total. The van der Waals surface area contributed by atoms with Crippen LogP contribution in [0.2, 0.25) is 5.02 Å². The summed E-state index contributed by atoms with van der Waals surface area (Å²) in [5.41, 5.74) is 2.30. The zero-order chi connectivity index (χ0) is 13.2. The van der Waals surface area contributed by atoms with Crippen LogP contribution < -0.4 is 4.74 Å². The van der Waals surface area contributed by atoms with Gasteiger partial charge in [0, 0.05) is 36.6 Å². The van der Waals surface area contributed by atoms with E-state index in [1.165, 1.54) is 5.56 Å². The average molecular weight is 279 g/mol. The van der Waals surface area contributed by atoms with Crippen LogP contribution in [0, 0.1) is 11.3 Å². The molecule has 1 aromatic carbocycles. The van der Waals surface area contributed by atoms with Gasteiger partial charge in [0.25, 0.3) is 0 Å². The van der Waals surface area contributed by atoms with Crippen molar-refractivity contribution in [2.75, 3.05) is 26.3 Å². The SMILES string of the molecule is N#CC1CN(Cc2cc(Cl)cc3c2OCC3)CCO1. The third-order valence-electron chi connectivity index (χ3n) is 3.51. The number of nitrogens with zero attached hydrogens (tertiary/aromatic N) is 2. The highest BCUT2D eigenvalue weighted by molar-refractivity contribution is 6.30. The van der Waals surface area contributed by atoms with E-state index in [4.69, 9.17) is 26.3 Å². The molecule has 19 heavy (non-hydrogen) atoms. The Hall–Kier alpha value is -1.28. The fourth-order valence-corrected chi connectivity index (χ4v) is 2.89. The molecule has 5 heteroatoms. The van der Waals surface area contributed by atoms with Crippen LogP contribution in [-0.2, 0) is 17.7 Å². The lowest BCUT2D eigenvalue weighted by Crippen LogP contribution is -2.41. The first-order valence-electron chi connectivity index (χ1n) is 6.44. The standard InChI is InChI=1S/C14H15ClN2O2/c15-12-5-10-1-3-19-14(10)11(6-12)8-17-2-4-18-13(7-16)9-17/h5-6,13H,1-4,8-9H2. The molecule has 0 spiro atoms. The largest absolute Gasteiger partial charge is 0.493 e. The van der Waals surface area contributed by atoms with Crippen molar-refractivity contribution in [3.8, 4) is 11.8 Å². The fraction of sp³-hybridized carbons (Fsp3) is 0.500. The van der Waals surface area contributed by atoms with Gasteiger partial charge in [0.2, 0.25) is 0 Å². The third-order valence-corrected chi connectivity index (χ3v) is 3.73. The van der Waals surface area contributed by atoms with Crippen molar-refractivity contribution in [3.05, 3.63) is 28.3 Å². The van der Waals surface area contributed by atoms with E-state index >= 15 is 0 Å². The zero-order valence-corrected chi connectivity index (χ0v) is 11.3. The minimum atomic E-state index is -0.332. The van der Waals surface area contributed by atoms with E-state index in [1.54, 1.807) is 0 Å². The molecule has 0 saturated carbocycles. The van der Waals surface area contributed by atoms with Gasteiger partial charge in [-0.3, -0.25) is 4.90 Å². The van der Waals surface area contributed by atoms with Crippen LogP contribution in [0.4, 0.5) is 0 Å². The molecule has 3 rings (SSSR count). The second-order valence-corrected chi connectivity index (χ2v) is 5.31. The Morgan fingerprint density at radius 1 is 1.42 bits per heavy atom. The van der Waals surface area contributed by atoms with Crippen molar-refractivity contribution >= 4 is 11.6 Å². The van der Waals surface area contributed by atoms with Gasteiger partial charge in [-0.15, -0.1) is 0 Å². The smallest absolute Gasteiger partial charge is 0.156 e. The molecule has 2 aliphatic rings. The van der Waals surface area contributed by atoms with Crippen molar-refractivity contribution in [1.82, 2.24) is 4.90 Å². The van der Waals surface area contributed by atoms with Gasteiger partial charge in [-0.2, -0.15) is 5.26 Å². The molecule has 2 aliphatic heterocycles. The topological polar surface area (TPSA) is 45.5 Å². The van der Waals surface area contributed by atoms with Gasteiger partial charge in [0.15, 0.2) is 6.10 Å². The number of hydrogen-bond donors (Lipinski definition) is 0. The van der Waals surface area contributed by atoms with E-state index in [1.807, 2.05) is 12.1 Å². The first-order chi connectivity index (χ1) is 9.26. The number of nitriles is 1. The summed E-state index contributed by atoms with van der Waals surface area (Å²) in [4.78, 5) is 2.21. The minimum absolute atomic E-state index is 0.332. The maximum atomic E-state index is 8.93. The predicted octanol–water partition coefficient (Wildman–Crippen LogP) is 2.00. The van der Waals surface area contributed by atoms with Gasteiger partial charge in [0.1, 0.15) is 5.75 Å². The second kappa shape index (κ2) is 5.38. The molecule has 4 nitrogen and oxygen atoms in total. The fourth-order valence-electron chi connectivity index (χ4n) is 2.63. The quantitative estimate of drug-likeness (QED) is 0.830. The van der Waals surface area contributed by atoms with E-state index in [2.05, 4.69) is 11.0 Å². The van der Waals surface area contributed by atoms with E-state index in [9.17, 15) is 0 Å². The summed E-state index contributed by atoms with van der Waals surface area (Å²) < 4.78 is 11.0. The van der Waals surface area contributed by atoms with Crippen LogP contribution in [0.3, 0.4) is 0 Å². The number of benzene rings is 1. The number of hydrogen-bond acceptors (Lipinski definition) is 4.